The van der Waals surface area contributed by atoms with Crippen LogP contribution in [0.15, 0.2) is 0 Å². The molecule has 0 aliphatic carbocycles. The highest BCUT2D eigenvalue weighted by Crippen LogP contribution is 2.25. The minimum atomic E-state index is 0.258. The molecule has 0 aromatic carbocycles. The zero-order valence-electron chi connectivity index (χ0n) is 10.6. The van der Waals surface area contributed by atoms with Crippen molar-refractivity contribution in [1.82, 2.24) is 15.1 Å². The number of hydrogen-bond acceptors (Lipinski definition) is 6. The molecule has 0 bridgehead atoms. The lowest BCUT2D eigenvalue weighted by Gasteiger charge is -2.34. The van der Waals surface area contributed by atoms with Gasteiger partial charge in [-0.1, -0.05) is 32.1 Å². The Morgan fingerprint density at radius 2 is 2.06 bits per heavy atom. The third-order valence-corrected chi connectivity index (χ3v) is 3.73. The number of nitrogens with two attached hydrogens (primary N) is 1. The topological polar surface area (TPSA) is 67.1 Å². The smallest absolute Gasteiger partial charge is 0.219 e. The Kier molecular flexibility index (Phi) is 4.23. The van der Waals surface area contributed by atoms with Crippen molar-refractivity contribution >= 4 is 16.5 Å². The summed E-state index contributed by atoms with van der Waals surface area (Å²) in [5, 5.41) is 9.63. The summed E-state index contributed by atoms with van der Waals surface area (Å²) in [5.74, 6) is 5.27. The second-order valence-electron chi connectivity index (χ2n) is 5.10. The van der Waals surface area contributed by atoms with Crippen LogP contribution in [0, 0.1) is 5.41 Å². The zero-order valence-corrected chi connectivity index (χ0v) is 11.4. The van der Waals surface area contributed by atoms with E-state index in [0.717, 1.165) is 11.6 Å². The highest BCUT2D eigenvalue weighted by molar-refractivity contribution is 7.15. The van der Waals surface area contributed by atoms with E-state index < -0.39 is 0 Å². The van der Waals surface area contributed by atoms with Crippen molar-refractivity contribution in [1.29, 1.82) is 0 Å². The molecule has 5 nitrogen and oxygen atoms in total. The van der Waals surface area contributed by atoms with Gasteiger partial charge in [0.2, 0.25) is 5.13 Å². The maximum atomic E-state index is 5.27. The van der Waals surface area contributed by atoms with Crippen LogP contribution in [0.1, 0.15) is 32.7 Å². The molecule has 1 rings (SSSR count). The van der Waals surface area contributed by atoms with E-state index in [0.29, 0.717) is 11.2 Å². The summed E-state index contributed by atoms with van der Waals surface area (Å²) in [5.41, 5.74) is 2.76. The summed E-state index contributed by atoms with van der Waals surface area (Å²) >= 11 is 1.49. The largest absolute Gasteiger partial charge is 0.298 e. The molecule has 16 heavy (non-hydrogen) atoms. The van der Waals surface area contributed by atoms with Gasteiger partial charge in [-0.15, -0.1) is 10.2 Å². The number of rotatable bonds is 4. The molecule has 0 saturated heterocycles. The van der Waals surface area contributed by atoms with E-state index >= 15 is 0 Å². The summed E-state index contributed by atoms with van der Waals surface area (Å²) in [6.07, 6.45) is 0. The first-order valence-corrected chi connectivity index (χ1v) is 6.15. The van der Waals surface area contributed by atoms with Crippen LogP contribution in [-0.4, -0.2) is 28.2 Å². The van der Waals surface area contributed by atoms with Crippen molar-refractivity contribution in [3.8, 4) is 0 Å². The molecule has 0 radical (unpaired) electrons. The zero-order chi connectivity index (χ0) is 12.3. The van der Waals surface area contributed by atoms with Crippen LogP contribution in [-0.2, 0) is 6.54 Å². The second-order valence-corrected chi connectivity index (χ2v) is 6.16. The minimum absolute atomic E-state index is 0.258. The lowest BCUT2D eigenvalue weighted by atomic mass is 9.87. The van der Waals surface area contributed by atoms with Gasteiger partial charge in [0.05, 0.1) is 6.54 Å². The number of nitrogens with one attached hydrogen (secondary N) is 1. The van der Waals surface area contributed by atoms with Crippen LogP contribution in [0.25, 0.3) is 0 Å². The predicted molar refractivity (Wildman–Crippen MR) is 68.1 cm³/mol. The maximum Gasteiger partial charge on any atom is 0.219 e. The Morgan fingerprint density at radius 3 is 2.50 bits per heavy atom. The number of nitrogens with zero attached hydrogens (tertiary/aromatic N) is 3. The van der Waals surface area contributed by atoms with E-state index in [-0.39, 0.29) is 5.41 Å². The molecule has 0 saturated carbocycles. The van der Waals surface area contributed by atoms with Crippen LogP contribution in [0.5, 0.6) is 0 Å². The maximum absolute atomic E-state index is 5.27. The summed E-state index contributed by atoms with van der Waals surface area (Å²) in [6.45, 7) is 9.74. The van der Waals surface area contributed by atoms with E-state index in [1.54, 1.807) is 0 Å². The normalized spacial score (nSPS) is 14.2. The second kappa shape index (κ2) is 5.07. The molecular weight excluding hydrogens is 222 g/mol. The highest BCUT2D eigenvalue weighted by Gasteiger charge is 2.24. The molecule has 3 N–H and O–H groups in total. The molecule has 0 fully saturated rings. The molecule has 1 heterocycles. The summed E-state index contributed by atoms with van der Waals surface area (Å²) < 4.78 is 0. The van der Waals surface area contributed by atoms with Gasteiger partial charge < -0.3 is 0 Å². The molecule has 0 aliphatic rings. The lowest BCUT2D eigenvalue weighted by molar-refractivity contribution is 0.134. The first kappa shape index (κ1) is 13.3. The highest BCUT2D eigenvalue weighted by atomic mass is 32.1. The third kappa shape index (κ3) is 3.40. The summed E-state index contributed by atoms with van der Waals surface area (Å²) in [6, 6.07) is 0.477. The van der Waals surface area contributed by atoms with E-state index in [1.165, 1.54) is 11.3 Å². The average molecular weight is 243 g/mol. The Morgan fingerprint density at radius 1 is 1.44 bits per heavy atom. The molecule has 0 aliphatic heterocycles. The number of nitrogen functional groups attached to an aromatic ring is 1. The number of hydrazine groups is 1. The fraction of sp³-hybridized carbons (Fsp3) is 0.800. The quantitative estimate of drug-likeness (QED) is 0.622. The molecular formula is C10H21N5S. The van der Waals surface area contributed by atoms with Crippen molar-refractivity contribution < 1.29 is 0 Å². The first-order chi connectivity index (χ1) is 7.34. The van der Waals surface area contributed by atoms with Gasteiger partial charge in [-0.3, -0.25) is 10.3 Å². The van der Waals surface area contributed by atoms with Crippen molar-refractivity contribution in [2.45, 2.75) is 40.3 Å². The fourth-order valence-corrected chi connectivity index (χ4v) is 2.10. The molecule has 1 atom stereocenters. The molecule has 0 amide bonds. The van der Waals surface area contributed by atoms with E-state index in [4.69, 9.17) is 5.84 Å². The number of anilines is 1. The van der Waals surface area contributed by atoms with E-state index in [1.807, 2.05) is 0 Å². The number of aromatic nitrogens is 2. The number of hydrogen-bond donors (Lipinski definition) is 2. The molecule has 1 aromatic rings. The van der Waals surface area contributed by atoms with Crippen molar-refractivity contribution in [3.63, 3.8) is 0 Å². The SMILES string of the molecule is CC(N(C)Cc1nnc(NN)s1)C(C)(C)C. The molecule has 1 unspecified atom stereocenters. The van der Waals surface area contributed by atoms with Crippen LogP contribution in [0.2, 0.25) is 0 Å². The molecule has 1 aromatic heterocycles. The molecule has 6 heteroatoms. The van der Waals surface area contributed by atoms with Crippen LogP contribution in [0.3, 0.4) is 0 Å². The Balaban J connectivity index is 2.60. The van der Waals surface area contributed by atoms with Gasteiger partial charge in [0, 0.05) is 6.04 Å². The fourth-order valence-electron chi connectivity index (χ4n) is 1.39. The van der Waals surface area contributed by atoms with Crippen molar-refractivity contribution in [3.05, 3.63) is 5.01 Å². The van der Waals surface area contributed by atoms with Crippen LogP contribution >= 0.6 is 11.3 Å². The Hall–Kier alpha value is -0.720. The van der Waals surface area contributed by atoms with Crippen molar-refractivity contribution in [2.75, 3.05) is 12.5 Å². The van der Waals surface area contributed by atoms with Crippen LogP contribution in [0.4, 0.5) is 5.13 Å². The van der Waals surface area contributed by atoms with Gasteiger partial charge in [0.15, 0.2) is 0 Å². The standard InChI is InChI=1S/C10H21N5S/c1-7(10(2,3)4)15(5)6-8-13-14-9(12-11)16-8/h7H,6,11H2,1-5H3,(H,12,14). The predicted octanol–water partition coefficient (Wildman–Crippen LogP) is 1.69. The monoisotopic (exact) mass is 243 g/mol. The van der Waals surface area contributed by atoms with E-state index in [2.05, 4.69) is 55.3 Å². The van der Waals surface area contributed by atoms with Gasteiger partial charge in [-0.2, -0.15) is 0 Å². The molecule has 92 valence electrons. The summed E-state index contributed by atoms with van der Waals surface area (Å²) in [4.78, 5) is 2.28. The van der Waals surface area contributed by atoms with Crippen LogP contribution < -0.4 is 11.3 Å². The van der Waals surface area contributed by atoms with E-state index in [9.17, 15) is 0 Å². The summed E-state index contributed by atoms with van der Waals surface area (Å²) in [7, 11) is 2.10. The Labute approximate surface area is 101 Å². The first-order valence-electron chi connectivity index (χ1n) is 5.34. The minimum Gasteiger partial charge on any atom is -0.298 e. The Bertz CT molecular complexity index is 330. The molecule has 0 spiro atoms. The average Bonchev–Trinajstić information content (AvgIpc) is 2.63. The third-order valence-electron chi connectivity index (χ3n) is 2.89. The van der Waals surface area contributed by atoms with Gasteiger partial charge in [0.1, 0.15) is 5.01 Å². The van der Waals surface area contributed by atoms with Gasteiger partial charge >= 0.3 is 0 Å². The van der Waals surface area contributed by atoms with Gasteiger partial charge in [-0.05, 0) is 19.4 Å². The van der Waals surface area contributed by atoms with Gasteiger partial charge in [0.25, 0.3) is 0 Å². The van der Waals surface area contributed by atoms with Gasteiger partial charge in [-0.25, -0.2) is 5.84 Å². The van der Waals surface area contributed by atoms with Crippen molar-refractivity contribution in [2.24, 2.45) is 11.3 Å². The lowest BCUT2D eigenvalue weighted by Crippen LogP contribution is -2.38.